The van der Waals surface area contributed by atoms with Crippen molar-refractivity contribution in [3.63, 3.8) is 0 Å². The van der Waals surface area contributed by atoms with Crippen LogP contribution >= 0.6 is 11.6 Å². The van der Waals surface area contributed by atoms with Crippen LogP contribution in [-0.4, -0.2) is 22.3 Å². The summed E-state index contributed by atoms with van der Waals surface area (Å²) in [5.74, 6) is 5.47. The van der Waals surface area contributed by atoms with Crippen LogP contribution in [0.4, 0.5) is 4.79 Å². The lowest BCUT2D eigenvalue weighted by atomic mass is 10.2. The number of hydrogen-bond donors (Lipinski definition) is 2. The Bertz CT molecular complexity index is 434. The van der Waals surface area contributed by atoms with Crippen LogP contribution < -0.4 is 5.73 Å². The van der Waals surface area contributed by atoms with Gasteiger partial charge in [0, 0.05) is 10.6 Å². The van der Waals surface area contributed by atoms with E-state index in [1.54, 1.807) is 31.2 Å². The van der Waals surface area contributed by atoms with Crippen LogP contribution in [0.2, 0.25) is 5.02 Å². The highest BCUT2D eigenvalue weighted by Gasteiger charge is 2.11. The summed E-state index contributed by atoms with van der Waals surface area (Å²) in [5, 5.41) is 10.2. The number of rotatable bonds is 1. The maximum Gasteiger partial charge on any atom is 0.339 e. The van der Waals surface area contributed by atoms with Gasteiger partial charge in [-0.05, 0) is 31.2 Å². The summed E-state index contributed by atoms with van der Waals surface area (Å²) >= 11 is 5.71. The first kappa shape index (κ1) is 12.4. The Balaban J connectivity index is 2.74. The molecule has 2 amide bonds. The topological polar surface area (TPSA) is 66.6 Å². The molecule has 0 heterocycles. The van der Waals surface area contributed by atoms with E-state index in [0.717, 1.165) is 5.56 Å². The number of halogens is 1. The van der Waals surface area contributed by atoms with Crippen LogP contribution in [0.15, 0.2) is 24.3 Å². The van der Waals surface area contributed by atoms with E-state index in [2.05, 4.69) is 11.8 Å². The molecule has 1 aromatic rings. The molecule has 1 unspecified atom stereocenters. The second-order valence-corrected chi connectivity index (χ2v) is 3.57. The van der Waals surface area contributed by atoms with Gasteiger partial charge in [0.2, 0.25) is 0 Å². The minimum absolute atomic E-state index is 0.378. The normalized spacial score (nSPS) is 11.2. The monoisotopic (exact) mass is 238 g/mol. The summed E-state index contributed by atoms with van der Waals surface area (Å²) in [4.78, 5) is 10.6. The fraction of sp³-hybridized carbons (Fsp3) is 0.182. The van der Waals surface area contributed by atoms with E-state index in [-0.39, 0.29) is 0 Å². The maximum atomic E-state index is 10.6. The smallest absolute Gasteiger partial charge is 0.339 e. The summed E-state index contributed by atoms with van der Waals surface area (Å²) in [6, 6.07) is 5.32. The highest BCUT2D eigenvalue weighted by molar-refractivity contribution is 6.30. The molecule has 0 aliphatic heterocycles. The van der Waals surface area contributed by atoms with Gasteiger partial charge in [-0.3, -0.25) is 5.21 Å². The van der Waals surface area contributed by atoms with E-state index >= 15 is 0 Å². The molecule has 5 heteroatoms. The van der Waals surface area contributed by atoms with Gasteiger partial charge in [0.15, 0.2) is 0 Å². The standard InChI is InChI=1S/C11H11ClN2O2/c1-8(14(16)11(13)15)2-3-9-4-6-10(12)7-5-9/h4-8,16H,1H3,(H2,13,15). The molecule has 3 N–H and O–H groups in total. The summed E-state index contributed by atoms with van der Waals surface area (Å²) in [6.07, 6.45) is 0. The number of primary amides is 1. The SMILES string of the molecule is CC(C#Cc1ccc(Cl)cc1)N(O)C(N)=O. The average Bonchev–Trinajstić information content (AvgIpc) is 2.26. The van der Waals surface area contributed by atoms with E-state index in [1.165, 1.54) is 0 Å². The van der Waals surface area contributed by atoms with Crippen LogP contribution in [0.5, 0.6) is 0 Å². The van der Waals surface area contributed by atoms with Gasteiger partial charge in [0.1, 0.15) is 6.04 Å². The molecule has 84 valence electrons. The largest absolute Gasteiger partial charge is 0.350 e. The Morgan fingerprint density at radius 1 is 1.50 bits per heavy atom. The number of benzene rings is 1. The first-order chi connectivity index (χ1) is 7.50. The number of amides is 2. The molecule has 0 aliphatic rings. The van der Waals surface area contributed by atoms with Crippen LogP contribution in [0.25, 0.3) is 0 Å². The van der Waals surface area contributed by atoms with Crippen molar-refractivity contribution in [3.8, 4) is 11.8 Å². The summed E-state index contributed by atoms with van der Waals surface area (Å²) in [6.45, 7) is 1.56. The first-order valence-corrected chi connectivity index (χ1v) is 4.93. The van der Waals surface area contributed by atoms with E-state index in [1.807, 2.05) is 0 Å². The molecule has 1 aromatic carbocycles. The molecular formula is C11H11ClN2O2. The van der Waals surface area contributed by atoms with Gasteiger partial charge in [-0.1, -0.05) is 23.4 Å². The summed E-state index contributed by atoms with van der Waals surface area (Å²) in [7, 11) is 0. The van der Waals surface area contributed by atoms with Gasteiger partial charge < -0.3 is 5.73 Å². The molecule has 0 aromatic heterocycles. The predicted octanol–water partition coefficient (Wildman–Crippen LogP) is 1.85. The van der Waals surface area contributed by atoms with Crippen LogP contribution in [0, 0.1) is 11.8 Å². The lowest BCUT2D eigenvalue weighted by molar-refractivity contribution is -0.0536. The van der Waals surface area contributed by atoms with E-state index < -0.39 is 12.1 Å². The molecule has 1 atom stereocenters. The number of urea groups is 1. The molecule has 0 fully saturated rings. The Morgan fingerprint density at radius 3 is 2.56 bits per heavy atom. The molecule has 0 saturated heterocycles. The number of carbonyl (C=O) groups excluding carboxylic acids is 1. The molecule has 0 aliphatic carbocycles. The fourth-order valence-corrected chi connectivity index (χ4v) is 1.10. The first-order valence-electron chi connectivity index (χ1n) is 4.55. The van der Waals surface area contributed by atoms with E-state index in [9.17, 15) is 4.79 Å². The van der Waals surface area contributed by atoms with Gasteiger partial charge >= 0.3 is 6.03 Å². The summed E-state index contributed by atoms with van der Waals surface area (Å²) in [5.41, 5.74) is 5.62. The molecular weight excluding hydrogens is 228 g/mol. The van der Waals surface area contributed by atoms with Crippen molar-refractivity contribution in [1.29, 1.82) is 0 Å². The number of hydrogen-bond acceptors (Lipinski definition) is 2. The van der Waals surface area contributed by atoms with Crippen molar-refractivity contribution >= 4 is 17.6 Å². The van der Waals surface area contributed by atoms with Gasteiger partial charge in [-0.25, -0.2) is 4.79 Å². The van der Waals surface area contributed by atoms with Crippen molar-refractivity contribution in [1.82, 2.24) is 5.06 Å². The molecule has 4 nitrogen and oxygen atoms in total. The van der Waals surface area contributed by atoms with Gasteiger partial charge in [-0.15, -0.1) is 0 Å². The van der Waals surface area contributed by atoms with E-state index in [0.29, 0.717) is 10.1 Å². The molecule has 0 spiro atoms. The predicted molar refractivity (Wildman–Crippen MR) is 61.0 cm³/mol. The van der Waals surface area contributed by atoms with Crippen molar-refractivity contribution < 1.29 is 10.0 Å². The van der Waals surface area contributed by atoms with Crippen molar-refractivity contribution in [2.24, 2.45) is 5.73 Å². The fourth-order valence-electron chi connectivity index (χ4n) is 0.973. The van der Waals surface area contributed by atoms with Crippen LogP contribution in [0.3, 0.4) is 0 Å². The third kappa shape index (κ3) is 3.46. The zero-order valence-electron chi connectivity index (χ0n) is 8.64. The Labute approximate surface area is 98.6 Å². The van der Waals surface area contributed by atoms with Gasteiger partial charge in [0.05, 0.1) is 0 Å². The van der Waals surface area contributed by atoms with Crippen LogP contribution in [0.1, 0.15) is 12.5 Å². The zero-order valence-corrected chi connectivity index (χ0v) is 9.40. The van der Waals surface area contributed by atoms with Crippen molar-refractivity contribution in [2.75, 3.05) is 0 Å². The third-order valence-corrected chi connectivity index (χ3v) is 2.11. The van der Waals surface area contributed by atoms with Gasteiger partial charge in [0.25, 0.3) is 0 Å². The van der Waals surface area contributed by atoms with Crippen molar-refractivity contribution in [3.05, 3.63) is 34.9 Å². The average molecular weight is 239 g/mol. The minimum atomic E-state index is -0.932. The Hall–Kier alpha value is -1.70. The lowest BCUT2D eigenvalue weighted by Gasteiger charge is -2.14. The molecule has 1 rings (SSSR count). The number of nitrogens with two attached hydrogens (primary N) is 1. The second kappa shape index (κ2) is 5.40. The number of nitrogens with zero attached hydrogens (tertiary/aromatic N) is 1. The third-order valence-electron chi connectivity index (χ3n) is 1.86. The second-order valence-electron chi connectivity index (χ2n) is 3.14. The minimum Gasteiger partial charge on any atom is -0.350 e. The maximum absolute atomic E-state index is 10.6. The highest BCUT2D eigenvalue weighted by atomic mass is 35.5. The van der Waals surface area contributed by atoms with Crippen LogP contribution in [-0.2, 0) is 0 Å². The lowest BCUT2D eigenvalue weighted by Crippen LogP contribution is -2.38. The number of hydroxylamine groups is 2. The Morgan fingerprint density at radius 2 is 2.06 bits per heavy atom. The van der Waals surface area contributed by atoms with Gasteiger partial charge in [-0.2, -0.15) is 5.06 Å². The molecule has 16 heavy (non-hydrogen) atoms. The molecule has 0 radical (unpaired) electrons. The quantitative estimate of drug-likeness (QED) is 0.445. The number of carbonyl (C=O) groups is 1. The molecule has 0 bridgehead atoms. The van der Waals surface area contributed by atoms with Crippen molar-refractivity contribution in [2.45, 2.75) is 13.0 Å². The van der Waals surface area contributed by atoms with E-state index in [4.69, 9.17) is 22.5 Å². The summed E-state index contributed by atoms with van der Waals surface area (Å²) < 4.78 is 0. The Kier molecular flexibility index (Phi) is 4.18. The zero-order chi connectivity index (χ0) is 12.1. The molecule has 0 saturated carbocycles. The highest BCUT2D eigenvalue weighted by Crippen LogP contribution is 2.08.